The summed E-state index contributed by atoms with van der Waals surface area (Å²) in [6.07, 6.45) is 8.13. The predicted molar refractivity (Wildman–Crippen MR) is 110 cm³/mol. The number of aryl methyl sites for hydroxylation is 2. The lowest BCUT2D eigenvalue weighted by Gasteiger charge is -2.14. The van der Waals surface area contributed by atoms with E-state index in [-0.39, 0.29) is 11.7 Å². The largest absolute Gasteiger partial charge is 0.310 e. The number of benzene rings is 1. The number of anilines is 1. The Morgan fingerprint density at radius 1 is 1.25 bits per heavy atom. The van der Waals surface area contributed by atoms with Gasteiger partial charge in [-0.15, -0.1) is 10.2 Å². The predicted octanol–water partition coefficient (Wildman–Crippen LogP) is 3.93. The average molecular weight is 397 g/mol. The van der Waals surface area contributed by atoms with Crippen LogP contribution in [0.4, 0.5) is 5.82 Å². The van der Waals surface area contributed by atoms with Crippen LogP contribution in [0.5, 0.6) is 0 Å². The van der Waals surface area contributed by atoms with Crippen LogP contribution in [0.2, 0.25) is 0 Å². The van der Waals surface area contributed by atoms with Gasteiger partial charge in [-0.2, -0.15) is 5.10 Å². The number of hydrogen-bond donors (Lipinski definition) is 1. The molecule has 1 N–H and O–H groups in total. The Bertz CT molecular complexity index is 973. The van der Waals surface area contributed by atoms with Gasteiger partial charge in [0.2, 0.25) is 5.91 Å². The number of amides is 1. The van der Waals surface area contributed by atoms with Crippen LogP contribution in [0, 0.1) is 13.8 Å². The minimum atomic E-state index is -0.0692. The molecular weight excluding hydrogens is 372 g/mol. The van der Waals surface area contributed by atoms with Crippen LogP contribution in [-0.4, -0.2) is 36.2 Å². The summed E-state index contributed by atoms with van der Waals surface area (Å²) < 4.78 is 3.89. The highest BCUT2D eigenvalue weighted by atomic mass is 32.2. The molecule has 1 fully saturated rings. The zero-order valence-corrected chi connectivity index (χ0v) is 16.9. The second kappa shape index (κ2) is 8.18. The van der Waals surface area contributed by atoms with Crippen LogP contribution in [0.3, 0.4) is 0 Å². The molecule has 2 heterocycles. The SMILES string of the molecule is Cc1ccc(C)c(-n2cnnc2SCC(=O)Nc2ccnn2C2CCCC2)c1. The fraction of sp³-hybridized carbons (Fsp3) is 0.400. The van der Waals surface area contributed by atoms with Crippen molar-refractivity contribution in [3.8, 4) is 5.69 Å². The van der Waals surface area contributed by atoms with E-state index in [0.29, 0.717) is 11.2 Å². The third kappa shape index (κ3) is 3.96. The van der Waals surface area contributed by atoms with Crippen LogP contribution >= 0.6 is 11.8 Å². The molecule has 1 saturated carbocycles. The van der Waals surface area contributed by atoms with E-state index in [1.807, 2.05) is 15.3 Å². The maximum Gasteiger partial charge on any atom is 0.235 e. The lowest BCUT2D eigenvalue weighted by Crippen LogP contribution is -2.19. The van der Waals surface area contributed by atoms with E-state index >= 15 is 0 Å². The molecule has 0 unspecified atom stereocenters. The fourth-order valence-corrected chi connectivity index (χ4v) is 4.35. The van der Waals surface area contributed by atoms with Gasteiger partial charge in [-0.05, 0) is 43.9 Å². The Morgan fingerprint density at radius 2 is 2.07 bits per heavy atom. The summed E-state index contributed by atoms with van der Waals surface area (Å²) in [7, 11) is 0. The van der Waals surface area contributed by atoms with E-state index in [1.54, 1.807) is 12.5 Å². The molecule has 0 spiro atoms. The first-order valence-electron chi connectivity index (χ1n) is 9.55. The number of thioether (sulfide) groups is 1. The van der Waals surface area contributed by atoms with Crippen molar-refractivity contribution < 1.29 is 4.79 Å². The third-order valence-corrected chi connectivity index (χ3v) is 6.02. The zero-order chi connectivity index (χ0) is 19.5. The summed E-state index contributed by atoms with van der Waals surface area (Å²) in [6.45, 7) is 4.11. The summed E-state index contributed by atoms with van der Waals surface area (Å²) in [5, 5.41) is 16.3. The summed E-state index contributed by atoms with van der Waals surface area (Å²) in [5.74, 6) is 0.966. The number of nitrogens with one attached hydrogen (secondary N) is 1. The molecule has 3 aromatic rings. The first-order valence-corrected chi connectivity index (χ1v) is 10.5. The standard InChI is InChI=1S/C20H24N6OS/c1-14-7-8-15(2)17(11-14)25-13-21-24-20(25)28-12-19(27)23-18-9-10-22-26(18)16-5-3-4-6-16/h7-11,13,16H,3-6,12H2,1-2H3,(H,23,27). The van der Waals surface area contributed by atoms with Gasteiger partial charge in [0.25, 0.3) is 0 Å². The van der Waals surface area contributed by atoms with Gasteiger partial charge in [0.05, 0.1) is 23.7 Å². The van der Waals surface area contributed by atoms with E-state index < -0.39 is 0 Å². The molecule has 0 radical (unpaired) electrons. The smallest absolute Gasteiger partial charge is 0.235 e. The van der Waals surface area contributed by atoms with Gasteiger partial charge in [-0.25, -0.2) is 4.68 Å². The number of hydrogen-bond acceptors (Lipinski definition) is 5. The number of carbonyl (C=O) groups excluding carboxylic acids is 1. The van der Waals surface area contributed by atoms with Gasteiger partial charge in [0.1, 0.15) is 12.1 Å². The lowest BCUT2D eigenvalue weighted by molar-refractivity contribution is -0.113. The van der Waals surface area contributed by atoms with Gasteiger partial charge in [0.15, 0.2) is 5.16 Å². The quantitative estimate of drug-likeness (QED) is 0.639. The van der Waals surface area contributed by atoms with Crippen molar-refractivity contribution in [2.75, 3.05) is 11.1 Å². The molecule has 2 aromatic heterocycles. The minimum absolute atomic E-state index is 0.0692. The molecule has 1 aliphatic carbocycles. The average Bonchev–Trinajstić information content (AvgIpc) is 3.43. The Balaban J connectivity index is 1.42. The molecule has 0 aliphatic heterocycles. The second-order valence-electron chi connectivity index (χ2n) is 7.21. The number of aromatic nitrogens is 5. The van der Waals surface area contributed by atoms with Gasteiger partial charge >= 0.3 is 0 Å². The molecule has 1 amide bonds. The molecule has 146 valence electrons. The molecule has 4 rings (SSSR count). The molecule has 1 aromatic carbocycles. The molecule has 0 saturated heterocycles. The zero-order valence-electron chi connectivity index (χ0n) is 16.1. The highest BCUT2D eigenvalue weighted by Crippen LogP contribution is 2.31. The van der Waals surface area contributed by atoms with Crippen LogP contribution < -0.4 is 5.32 Å². The van der Waals surface area contributed by atoms with Gasteiger partial charge < -0.3 is 5.32 Å². The van der Waals surface area contributed by atoms with Crippen molar-refractivity contribution in [3.05, 3.63) is 47.9 Å². The Kier molecular flexibility index (Phi) is 5.47. The fourth-order valence-electron chi connectivity index (χ4n) is 3.63. The van der Waals surface area contributed by atoms with Crippen molar-refractivity contribution in [1.29, 1.82) is 0 Å². The first-order chi connectivity index (χ1) is 13.6. The maximum atomic E-state index is 12.5. The highest BCUT2D eigenvalue weighted by Gasteiger charge is 2.20. The van der Waals surface area contributed by atoms with E-state index in [0.717, 1.165) is 29.9 Å². The normalized spacial score (nSPS) is 14.5. The van der Waals surface area contributed by atoms with E-state index in [4.69, 9.17) is 0 Å². The van der Waals surface area contributed by atoms with Crippen molar-refractivity contribution in [2.24, 2.45) is 0 Å². The molecule has 0 atom stereocenters. The van der Waals surface area contributed by atoms with E-state index in [1.165, 1.54) is 30.2 Å². The molecular formula is C20H24N6OS. The summed E-state index contributed by atoms with van der Waals surface area (Å²) in [5.41, 5.74) is 3.34. The summed E-state index contributed by atoms with van der Waals surface area (Å²) in [4.78, 5) is 12.5. The van der Waals surface area contributed by atoms with E-state index in [9.17, 15) is 4.79 Å². The summed E-state index contributed by atoms with van der Waals surface area (Å²) in [6, 6.07) is 8.51. The number of nitrogens with zero attached hydrogens (tertiary/aromatic N) is 5. The van der Waals surface area contributed by atoms with Crippen molar-refractivity contribution >= 4 is 23.5 Å². The van der Waals surface area contributed by atoms with Gasteiger partial charge in [-0.1, -0.05) is 36.7 Å². The van der Waals surface area contributed by atoms with Gasteiger partial charge in [-0.3, -0.25) is 9.36 Å². The topological polar surface area (TPSA) is 77.6 Å². The molecule has 8 heteroatoms. The molecule has 1 aliphatic rings. The molecule has 0 bridgehead atoms. The maximum absolute atomic E-state index is 12.5. The number of rotatable bonds is 6. The van der Waals surface area contributed by atoms with Crippen molar-refractivity contribution in [3.63, 3.8) is 0 Å². The Morgan fingerprint density at radius 3 is 2.89 bits per heavy atom. The van der Waals surface area contributed by atoms with Crippen LogP contribution in [0.15, 0.2) is 41.9 Å². The third-order valence-electron chi connectivity index (χ3n) is 5.08. The molecule has 7 nitrogen and oxygen atoms in total. The second-order valence-corrected chi connectivity index (χ2v) is 8.15. The first kappa shape index (κ1) is 18.7. The van der Waals surface area contributed by atoms with Crippen LogP contribution in [0.25, 0.3) is 5.69 Å². The van der Waals surface area contributed by atoms with Gasteiger partial charge in [0, 0.05) is 6.07 Å². The monoisotopic (exact) mass is 396 g/mol. The minimum Gasteiger partial charge on any atom is -0.310 e. The summed E-state index contributed by atoms with van der Waals surface area (Å²) >= 11 is 1.38. The Labute approximate surface area is 168 Å². The number of carbonyl (C=O) groups is 1. The van der Waals surface area contributed by atoms with Crippen molar-refractivity contribution in [1.82, 2.24) is 24.5 Å². The van der Waals surface area contributed by atoms with Crippen molar-refractivity contribution in [2.45, 2.75) is 50.7 Å². The van der Waals surface area contributed by atoms with E-state index in [2.05, 4.69) is 52.7 Å². The molecule has 28 heavy (non-hydrogen) atoms. The van der Waals surface area contributed by atoms with Crippen LogP contribution in [0.1, 0.15) is 42.9 Å². The Hall–Kier alpha value is -2.61. The lowest BCUT2D eigenvalue weighted by atomic mass is 10.1. The van der Waals surface area contributed by atoms with Crippen LogP contribution in [-0.2, 0) is 4.79 Å². The highest BCUT2D eigenvalue weighted by molar-refractivity contribution is 7.99.